The SMILES string of the molecule is CC1(N)CCN(c2cnc(-c3cccc(P(C)(C)=O)c3Cl)cn2)CC1. The summed E-state index contributed by atoms with van der Waals surface area (Å²) in [5.41, 5.74) is 7.54. The Hall–Kier alpha value is -1.42. The van der Waals surface area contributed by atoms with Gasteiger partial charge >= 0.3 is 0 Å². The van der Waals surface area contributed by atoms with Gasteiger partial charge in [0.1, 0.15) is 13.0 Å². The van der Waals surface area contributed by atoms with Gasteiger partial charge in [-0.3, -0.25) is 4.98 Å². The molecule has 2 aromatic rings. The van der Waals surface area contributed by atoms with Crippen LogP contribution < -0.4 is 15.9 Å². The minimum atomic E-state index is -2.45. The smallest absolute Gasteiger partial charge is 0.147 e. The summed E-state index contributed by atoms with van der Waals surface area (Å²) in [4.78, 5) is 11.3. The number of piperidine rings is 1. The van der Waals surface area contributed by atoms with E-state index < -0.39 is 7.14 Å². The largest absolute Gasteiger partial charge is 0.355 e. The molecule has 0 atom stereocenters. The minimum absolute atomic E-state index is 0.0912. The molecule has 1 fully saturated rings. The number of halogens is 1. The van der Waals surface area contributed by atoms with E-state index in [-0.39, 0.29) is 5.54 Å². The summed E-state index contributed by atoms with van der Waals surface area (Å²) in [6.45, 7) is 7.29. The zero-order valence-electron chi connectivity index (χ0n) is 14.9. The third kappa shape index (κ3) is 4.05. The van der Waals surface area contributed by atoms with Crippen molar-refractivity contribution < 1.29 is 4.57 Å². The summed E-state index contributed by atoms with van der Waals surface area (Å²) in [5.74, 6) is 0.850. The first-order valence-corrected chi connectivity index (χ1v) is 11.4. The molecule has 1 saturated heterocycles. The van der Waals surface area contributed by atoms with Gasteiger partial charge in [-0.05, 0) is 39.2 Å². The molecule has 1 aromatic heterocycles. The quantitative estimate of drug-likeness (QED) is 0.829. The topological polar surface area (TPSA) is 72.1 Å². The van der Waals surface area contributed by atoms with Crippen LogP contribution in [0.25, 0.3) is 11.3 Å². The monoisotopic (exact) mass is 378 g/mol. The molecule has 1 aromatic carbocycles. The van der Waals surface area contributed by atoms with E-state index in [1.807, 2.05) is 18.2 Å². The van der Waals surface area contributed by atoms with Gasteiger partial charge in [0.25, 0.3) is 0 Å². The van der Waals surface area contributed by atoms with Crippen LogP contribution in [0.2, 0.25) is 5.02 Å². The van der Waals surface area contributed by atoms with Crippen molar-refractivity contribution in [2.75, 3.05) is 31.3 Å². The predicted molar refractivity (Wildman–Crippen MR) is 106 cm³/mol. The molecule has 2 heterocycles. The molecule has 3 rings (SSSR count). The van der Waals surface area contributed by atoms with Crippen LogP contribution in [0.1, 0.15) is 19.8 Å². The lowest BCUT2D eigenvalue weighted by molar-refractivity contribution is 0.363. The van der Waals surface area contributed by atoms with E-state index in [9.17, 15) is 4.57 Å². The Morgan fingerprint density at radius 2 is 1.88 bits per heavy atom. The van der Waals surface area contributed by atoms with E-state index in [0.29, 0.717) is 16.0 Å². The molecule has 0 bridgehead atoms. The summed E-state index contributed by atoms with van der Waals surface area (Å²) in [6.07, 6.45) is 5.38. The van der Waals surface area contributed by atoms with Gasteiger partial charge in [0, 0.05) is 29.5 Å². The van der Waals surface area contributed by atoms with Crippen LogP contribution in [0, 0.1) is 0 Å². The van der Waals surface area contributed by atoms with Crippen LogP contribution in [-0.4, -0.2) is 41.9 Å². The van der Waals surface area contributed by atoms with E-state index in [1.54, 1.807) is 25.7 Å². The molecule has 0 spiro atoms. The number of nitrogens with zero attached hydrogens (tertiary/aromatic N) is 3. The number of rotatable bonds is 3. The van der Waals surface area contributed by atoms with Crippen LogP contribution in [-0.2, 0) is 4.57 Å². The molecule has 134 valence electrons. The summed E-state index contributed by atoms with van der Waals surface area (Å²) < 4.78 is 12.4. The number of benzene rings is 1. The Bertz CT molecular complexity index is 806. The van der Waals surface area contributed by atoms with Gasteiger partial charge in [0.15, 0.2) is 0 Å². The molecule has 0 aliphatic carbocycles. The van der Waals surface area contributed by atoms with Gasteiger partial charge in [-0.15, -0.1) is 0 Å². The van der Waals surface area contributed by atoms with Crippen molar-refractivity contribution in [3.8, 4) is 11.3 Å². The van der Waals surface area contributed by atoms with Crippen LogP contribution in [0.3, 0.4) is 0 Å². The molecular formula is C18H24ClN4OP. The molecule has 0 radical (unpaired) electrons. The average molecular weight is 379 g/mol. The Labute approximate surface area is 154 Å². The summed E-state index contributed by atoms with van der Waals surface area (Å²) >= 11 is 6.48. The average Bonchev–Trinajstić information content (AvgIpc) is 2.54. The van der Waals surface area contributed by atoms with Crippen molar-refractivity contribution >= 4 is 29.9 Å². The fourth-order valence-electron chi connectivity index (χ4n) is 3.00. The van der Waals surface area contributed by atoms with Crippen molar-refractivity contribution in [1.82, 2.24) is 9.97 Å². The maximum absolute atomic E-state index is 12.4. The highest BCUT2D eigenvalue weighted by molar-refractivity contribution is 7.70. The first-order valence-electron chi connectivity index (χ1n) is 8.38. The number of hydrogen-bond acceptors (Lipinski definition) is 5. The molecule has 7 heteroatoms. The molecule has 5 nitrogen and oxygen atoms in total. The molecule has 1 aliphatic heterocycles. The van der Waals surface area contributed by atoms with Gasteiger partial charge in [0.05, 0.1) is 23.1 Å². The van der Waals surface area contributed by atoms with Gasteiger partial charge in [-0.1, -0.05) is 23.7 Å². The molecular weight excluding hydrogens is 355 g/mol. The first-order chi connectivity index (χ1) is 11.7. The Morgan fingerprint density at radius 3 is 2.44 bits per heavy atom. The van der Waals surface area contributed by atoms with Gasteiger partial charge in [-0.25, -0.2) is 4.98 Å². The highest BCUT2D eigenvalue weighted by atomic mass is 35.5. The van der Waals surface area contributed by atoms with Gasteiger partial charge in [-0.2, -0.15) is 0 Å². The van der Waals surface area contributed by atoms with Crippen molar-refractivity contribution in [2.45, 2.75) is 25.3 Å². The highest BCUT2D eigenvalue weighted by Gasteiger charge is 2.26. The molecule has 2 N–H and O–H groups in total. The molecule has 0 unspecified atom stereocenters. The summed E-state index contributed by atoms with van der Waals surface area (Å²) in [7, 11) is -2.45. The van der Waals surface area contributed by atoms with Crippen molar-refractivity contribution in [2.24, 2.45) is 5.73 Å². The van der Waals surface area contributed by atoms with Crippen LogP contribution >= 0.6 is 18.7 Å². The minimum Gasteiger partial charge on any atom is -0.355 e. The number of nitrogens with two attached hydrogens (primary N) is 1. The fraction of sp³-hybridized carbons (Fsp3) is 0.444. The third-order valence-corrected chi connectivity index (χ3v) is 6.77. The van der Waals surface area contributed by atoms with E-state index in [4.69, 9.17) is 17.3 Å². The zero-order chi connectivity index (χ0) is 18.2. The maximum Gasteiger partial charge on any atom is 0.147 e. The van der Waals surface area contributed by atoms with Crippen molar-refractivity contribution in [3.63, 3.8) is 0 Å². The lowest BCUT2D eigenvalue weighted by Crippen LogP contribution is -2.48. The fourth-order valence-corrected chi connectivity index (χ4v) is 4.88. The maximum atomic E-state index is 12.4. The molecule has 25 heavy (non-hydrogen) atoms. The molecule has 0 saturated carbocycles. The van der Waals surface area contributed by atoms with E-state index in [1.165, 1.54) is 0 Å². The second-order valence-electron chi connectivity index (χ2n) is 7.39. The normalized spacial score (nSPS) is 17.6. The van der Waals surface area contributed by atoms with Crippen LogP contribution in [0.4, 0.5) is 5.82 Å². The van der Waals surface area contributed by atoms with Gasteiger partial charge < -0.3 is 15.2 Å². The summed E-state index contributed by atoms with van der Waals surface area (Å²) in [6, 6.07) is 5.55. The Morgan fingerprint density at radius 1 is 1.20 bits per heavy atom. The van der Waals surface area contributed by atoms with E-state index in [2.05, 4.69) is 21.8 Å². The van der Waals surface area contributed by atoms with Crippen LogP contribution in [0.5, 0.6) is 0 Å². The Balaban J connectivity index is 1.85. The first kappa shape index (κ1) is 18.4. The van der Waals surface area contributed by atoms with Crippen molar-refractivity contribution in [1.29, 1.82) is 0 Å². The van der Waals surface area contributed by atoms with Crippen molar-refractivity contribution in [3.05, 3.63) is 35.6 Å². The van der Waals surface area contributed by atoms with E-state index >= 15 is 0 Å². The molecule has 0 amide bonds. The lowest BCUT2D eigenvalue weighted by atomic mass is 9.91. The molecule has 1 aliphatic rings. The van der Waals surface area contributed by atoms with E-state index in [0.717, 1.165) is 37.3 Å². The van der Waals surface area contributed by atoms with Crippen LogP contribution in [0.15, 0.2) is 30.6 Å². The third-order valence-electron chi connectivity index (χ3n) is 4.70. The number of hydrogen-bond donors (Lipinski definition) is 1. The number of aromatic nitrogens is 2. The van der Waals surface area contributed by atoms with Gasteiger partial charge in [0.2, 0.25) is 0 Å². The Kier molecular flexibility index (Phi) is 4.93. The lowest BCUT2D eigenvalue weighted by Gasteiger charge is -2.37. The standard InChI is InChI=1S/C18H24ClN4OP/c1-18(20)7-9-23(10-8-18)16-12-21-14(11-22-16)13-5-4-6-15(17(13)19)25(2,3)24/h4-6,11-12H,7-10,20H2,1-3H3. The predicted octanol–water partition coefficient (Wildman–Crippen LogP) is 3.36. The number of anilines is 1. The summed E-state index contributed by atoms with van der Waals surface area (Å²) in [5, 5.41) is 1.17. The second-order valence-corrected chi connectivity index (χ2v) is 11.0. The zero-order valence-corrected chi connectivity index (χ0v) is 16.5. The highest BCUT2D eigenvalue weighted by Crippen LogP contribution is 2.40. The second kappa shape index (κ2) is 6.71.